The van der Waals surface area contributed by atoms with E-state index < -0.39 is 5.60 Å². The van der Waals surface area contributed by atoms with Crippen LogP contribution in [-0.4, -0.2) is 53.7 Å². The minimum Gasteiger partial charge on any atom is -0.388 e. The first kappa shape index (κ1) is 15.7. The Labute approximate surface area is 136 Å². The van der Waals surface area contributed by atoms with E-state index in [9.17, 15) is 9.90 Å². The highest BCUT2D eigenvalue weighted by atomic mass is 16.3. The van der Waals surface area contributed by atoms with Gasteiger partial charge in [-0.3, -0.25) is 4.79 Å². The molecule has 0 spiro atoms. The van der Waals surface area contributed by atoms with Crippen LogP contribution in [0.1, 0.15) is 19.3 Å². The fraction of sp³-hybridized carbons (Fsp3) is 0.444. The van der Waals surface area contributed by atoms with Crippen LogP contribution < -0.4 is 4.90 Å². The van der Waals surface area contributed by atoms with Gasteiger partial charge in [-0.1, -0.05) is 18.2 Å². The summed E-state index contributed by atoms with van der Waals surface area (Å²) in [5, 5.41) is 11.9. The lowest BCUT2D eigenvalue weighted by Crippen LogP contribution is -2.50. The molecular formula is C18H23N3O2. The van der Waals surface area contributed by atoms with Gasteiger partial charge in [-0.2, -0.15) is 0 Å². The van der Waals surface area contributed by atoms with E-state index in [1.165, 1.54) is 4.90 Å². The molecule has 23 heavy (non-hydrogen) atoms. The summed E-state index contributed by atoms with van der Waals surface area (Å²) >= 11 is 0. The Morgan fingerprint density at radius 1 is 1.30 bits per heavy atom. The number of hydrogen-bond donors (Lipinski definition) is 1. The average molecular weight is 313 g/mol. The number of β-amino-alcohol motifs (C(OH)–C–C–N with tert-alkyl or cyclic N) is 1. The first-order valence-corrected chi connectivity index (χ1v) is 8.00. The number of aromatic nitrogens is 1. The SMILES string of the molecule is CN(C)C(=O)CC1(O)CCCN(c2ccc3ccccc3n2)C1. The standard InChI is InChI=1S/C18H23N3O2/c1-20(2)17(22)12-18(23)10-5-11-21(13-18)16-9-8-14-6-3-4-7-15(14)19-16/h3-4,6-9,23H,5,10-13H2,1-2H3. The van der Waals surface area contributed by atoms with Crippen molar-refractivity contribution < 1.29 is 9.90 Å². The van der Waals surface area contributed by atoms with E-state index in [4.69, 9.17) is 4.98 Å². The number of aliphatic hydroxyl groups is 1. The van der Waals surface area contributed by atoms with Gasteiger partial charge in [0.05, 0.1) is 17.5 Å². The smallest absolute Gasteiger partial charge is 0.225 e. The van der Waals surface area contributed by atoms with E-state index in [2.05, 4.69) is 11.0 Å². The molecule has 1 unspecified atom stereocenters. The van der Waals surface area contributed by atoms with Crippen molar-refractivity contribution in [2.24, 2.45) is 0 Å². The van der Waals surface area contributed by atoms with Gasteiger partial charge in [-0.15, -0.1) is 0 Å². The predicted molar refractivity (Wildman–Crippen MR) is 91.5 cm³/mol. The third-order valence-corrected chi connectivity index (χ3v) is 4.44. The number of piperidine rings is 1. The largest absolute Gasteiger partial charge is 0.388 e. The Kier molecular flexibility index (Phi) is 4.22. The lowest BCUT2D eigenvalue weighted by Gasteiger charge is -2.40. The van der Waals surface area contributed by atoms with Gasteiger partial charge in [0.15, 0.2) is 0 Å². The minimum absolute atomic E-state index is 0.0409. The molecule has 1 N–H and O–H groups in total. The average Bonchev–Trinajstić information content (AvgIpc) is 2.54. The predicted octanol–water partition coefficient (Wildman–Crippen LogP) is 2.04. The lowest BCUT2D eigenvalue weighted by molar-refractivity contribution is -0.134. The van der Waals surface area contributed by atoms with Gasteiger partial charge < -0.3 is 14.9 Å². The van der Waals surface area contributed by atoms with Crippen molar-refractivity contribution in [1.29, 1.82) is 0 Å². The number of benzene rings is 1. The van der Waals surface area contributed by atoms with Crippen LogP contribution in [0, 0.1) is 0 Å². The van der Waals surface area contributed by atoms with E-state index in [0.29, 0.717) is 13.0 Å². The molecule has 2 heterocycles. The number of carbonyl (C=O) groups excluding carboxylic acids is 1. The van der Waals surface area contributed by atoms with Crippen LogP contribution in [-0.2, 0) is 4.79 Å². The van der Waals surface area contributed by atoms with Crippen LogP contribution in [0.2, 0.25) is 0 Å². The minimum atomic E-state index is -0.979. The molecule has 0 radical (unpaired) electrons. The van der Waals surface area contributed by atoms with Gasteiger partial charge in [0.25, 0.3) is 0 Å². The fourth-order valence-corrected chi connectivity index (χ4v) is 3.12. The maximum atomic E-state index is 12.0. The zero-order valence-corrected chi connectivity index (χ0v) is 13.7. The molecule has 1 aliphatic heterocycles. The van der Waals surface area contributed by atoms with Crippen LogP contribution in [0.3, 0.4) is 0 Å². The maximum Gasteiger partial charge on any atom is 0.225 e. The van der Waals surface area contributed by atoms with E-state index in [-0.39, 0.29) is 12.3 Å². The van der Waals surface area contributed by atoms with Gasteiger partial charge in [0.1, 0.15) is 5.82 Å². The van der Waals surface area contributed by atoms with E-state index in [1.54, 1.807) is 14.1 Å². The normalized spacial score (nSPS) is 21.4. The molecule has 0 bridgehead atoms. The highest BCUT2D eigenvalue weighted by Crippen LogP contribution is 2.28. The number of pyridine rings is 1. The molecule has 122 valence electrons. The summed E-state index contributed by atoms with van der Waals surface area (Å²) < 4.78 is 0. The van der Waals surface area contributed by atoms with E-state index in [0.717, 1.165) is 29.7 Å². The Bertz CT molecular complexity index is 716. The second-order valence-electron chi connectivity index (χ2n) is 6.58. The molecule has 0 saturated carbocycles. The molecule has 0 aliphatic carbocycles. The second-order valence-corrected chi connectivity index (χ2v) is 6.58. The fourth-order valence-electron chi connectivity index (χ4n) is 3.12. The van der Waals surface area contributed by atoms with Crippen LogP contribution in [0.25, 0.3) is 10.9 Å². The first-order chi connectivity index (χ1) is 11.0. The topological polar surface area (TPSA) is 56.7 Å². The molecule has 1 aliphatic rings. The summed E-state index contributed by atoms with van der Waals surface area (Å²) in [5.74, 6) is 0.819. The molecule has 3 rings (SSSR count). The molecule has 1 amide bonds. The van der Waals surface area contributed by atoms with Crippen molar-refractivity contribution in [2.75, 3.05) is 32.1 Å². The van der Waals surface area contributed by atoms with E-state index in [1.807, 2.05) is 30.3 Å². The number of rotatable bonds is 3. The molecular weight excluding hydrogens is 290 g/mol. The number of fused-ring (bicyclic) bond motifs is 1. The van der Waals surface area contributed by atoms with Crippen LogP contribution in [0.4, 0.5) is 5.82 Å². The highest BCUT2D eigenvalue weighted by Gasteiger charge is 2.36. The lowest BCUT2D eigenvalue weighted by atomic mass is 9.89. The Morgan fingerprint density at radius 2 is 2.09 bits per heavy atom. The number of nitrogens with zero attached hydrogens (tertiary/aromatic N) is 3. The maximum absolute atomic E-state index is 12.0. The van der Waals surface area contributed by atoms with Crippen molar-refractivity contribution >= 4 is 22.6 Å². The number of anilines is 1. The number of amides is 1. The van der Waals surface area contributed by atoms with Crippen molar-refractivity contribution in [2.45, 2.75) is 24.9 Å². The highest BCUT2D eigenvalue weighted by molar-refractivity contribution is 5.80. The zero-order chi connectivity index (χ0) is 16.4. The summed E-state index contributed by atoms with van der Waals surface area (Å²) in [5.41, 5.74) is -0.0316. The third-order valence-electron chi connectivity index (χ3n) is 4.44. The van der Waals surface area contributed by atoms with E-state index >= 15 is 0 Å². The molecule has 1 aromatic heterocycles. The van der Waals surface area contributed by atoms with Crippen LogP contribution in [0.5, 0.6) is 0 Å². The molecule has 1 fully saturated rings. The quantitative estimate of drug-likeness (QED) is 0.942. The monoisotopic (exact) mass is 313 g/mol. The third kappa shape index (κ3) is 3.45. The summed E-state index contributed by atoms with van der Waals surface area (Å²) in [6.07, 6.45) is 1.66. The van der Waals surface area contributed by atoms with Crippen LogP contribution in [0.15, 0.2) is 36.4 Å². The summed E-state index contributed by atoms with van der Waals surface area (Å²) in [7, 11) is 3.44. The Hall–Kier alpha value is -2.14. The van der Waals surface area contributed by atoms with Gasteiger partial charge in [0, 0.05) is 32.6 Å². The summed E-state index contributed by atoms with van der Waals surface area (Å²) in [6, 6.07) is 12.0. The Balaban J connectivity index is 1.80. The van der Waals surface area contributed by atoms with Crippen molar-refractivity contribution in [3.05, 3.63) is 36.4 Å². The summed E-state index contributed by atoms with van der Waals surface area (Å²) in [4.78, 5) is 20.3. The molecule has 1 atom stereocenters. The molecule has 2 aromatic rings. The van der Waals surface area contributed by atoms with Gasteiger partial charge in [-0.25, -0.2) is 4.98 Å². The molecule has 5 nitrogen and oxygen atoms in total. The molecule has 5 heteroatoms. The zero-order valence-electron chi connectivity index (χ0n) is 13.7. The molecule has 1 aromatic carbocycles. The van der Waals surface area contributed by atoms with Gasteiger partial charge in [0.2, 0.25) is 5.91 Å². The second kappa shape index (κ2) is 6.16. The first-order valence-electron chi connectivity index (χ1n) is 8.00. The van der Waals surface area contributed by atoms with Crippen molar-refractivity contribution in [3.63, 3.8) is 0 Å². The number of carbonyl (C=O) groups is 1. The van der Waals surface area contributed by atoms with Crippen LogP contribution >= 0.6 is 0 Å². The molecule has 1 saturated heterocycles. The number of para-hydroxylation sites is 1. The summed E-state index contributed by atoms with van der Waals surface area (Å²) in [6.45, 7) is 1.29. The van der Waals surface area contributed by atoms with Crippen molar-refractivity contribution in [1.82, 2.24) is 9.88 Å². The van der Waals surface area contributed by atoms with Crippen molar-refractivity contribution in [3.8, 4) is 0 Å². The number of hydrogen-bond acceptors (Lipinski definition) is 4. The van der Waals surface area contributed by atoms with Gasteiger partial charge >= 0.3 is 0 Å². The Morgan fingerprint density at radius 3 is 2.87 bits per heavy atom. The van der Waals surface area contributed by atoms with Gasteiger partial charge in [-0.05, 0) is 31.0 Å².